The maximum atomic E-state index is 10.9. The molecule has 1 aromatic rings. The molecule has 0 saturated carbocycles. The third-order valence-electron chi connectivity index (χ3n) is 1.45. The zero-order valence-electron chi connectivity index (χ0n) is 6.75. The maximum absolute atomic E-state index is 10.9. The molecule has 4 heteroatoms. The van der Waals surface area contributed by atoms with Gasteiger partial charge in [0.2, 0.25) is 0 Å². The van der Waals surface area contributed by atoms with Gasteiger partial charge in [-0.2, -0.15) is 5.26 Å². The van der Waals surface area contributed by atoms with Crippen molar-refractivity contribution in [3.63, 3.8) is 0 Å². The average Bonchev–Trinajstić information content (AvgIpc) is 2.16. The molecule has 0 radical (unpaired) electrons. The van der Waals surface area contributed by atoms with Gasteiger partial charge < -0.3 is 4.98 Å². The summed E-state index contributed by atoms with van der Waals surface area (Å²) in [6.45, 7) is 0. The largest absolute Gasteiger partial charge is 0.327 e. The number of hydrogen-bond acceptors (Lipinski definition) is 2. The standard InChI is InChI=1S/C9H7ClN2O/c10-3-1-2-7-4-8(5-11)9(13)12-6-7/h1-2,4,6H,3H2,(H,12,13). The number of nitrogens with one attached hydrogen (secondary N) is 1. The number of aromatic amines is 1. The van der Waals surface area contributed by atoms with Crippen molar-refractivity contribution < 1.29 is 0 Å². The monoisotopic (exact) mass is 194 g/mol. The lowest BCUT2D eigenvalue weighted by Crippen LogP contribution is -2.08. The molecule has 0 amide bonds. The fourth-order valence-corrected chi connectivity index (χ4v) is 0.949. The minimum Gasteiger partial charge on any atom is -0.327 e. The molecule has 0 aliphatic carbocycles. The number of nitriles is 1. The maximum Gasteiger partial charge on any atom is 0.265 e. The summed E-state index contributed by atoms with van der Waals surface area (Å²) in [5.74, 6) is 0.404. The Morgan fingerprint density at radius 1 is 1.69 bits per heavy atom. The average molecular weight is 195 g/mol. The lowest BCUT2D eigenvalue weighted by atomic mass is 10.2. The highest BCUT2D eigenvalue weighted by Crippen LogP contribution is 2.00. The van der Waals surface area contributed by atoms with Gasteiger partial charge in [0.05, 0.1) is 0 Å². The topological polar surface area (TPSA) is 56.6 Å². The molecule has 0 bridgehead atoms. The van der Waals surface area contributed by atoms with E-state index >= 15 is 0 Å². The molecule has 3 nitrogen and oxygen atoms in total. The van der Waals surface area contributed by atoms with Crippen molar-refractivity contribution in [3.8, 4) is 6.07 Å². The van der Waals surface area contributed by atoms with Gasteiger partial charge in [0.25, 0.3) is 5.56 Å². The highest BCUT2D eigenvalue weighted by atomic mass is 35.5. The first kappa shape index (κ1) is 9.56. The zero-order valence-corrected chi connectivity index (χ0v) is 7.51. The van der Waals surface area contributed by atoms with Crippen LogP contribution in [-0.2, 0) is 0 Å². The summed E-state index contributed by atoms with van der Waals surface area (Å²) in [5, 5.41) is 8.55. The third kappa shape index (κ3) is 2.46. The van der Waals surface area contributed by atoms with E-state index in [2.05, 4.69) is 4.98 Å². The Kier molecular flexibility index (Phi) is 3.30. The van der Waals surface area contributed by atoms with E-state index in [1.165, 1.54) is 12.3 Å². The van der Waals surface area contributed by atoms with Crippen LogP contribution in [0.2, 0.25) is 0 Å². The summed E-state index contributed by atoms with van der Waals surface area (Å²) in [6, 6.07) is 3.32. The van der Waals surface area contributed by atoms with Crippen molar-refractivity contribution >= 4 is 17.7 Å². The van der Waals surface area contributed by atoms with Crippen molar-refractivity contribution in [1.82, 2.24) is 4.98 Å². The fourth-order valence-electron chi connectivity index (χ4n) is 0.860. The van der Waals surface area contributed by atoms with Crippen LogP contribution in [0.5, 0.6) is 0 Å². The van der Waals surface area contributed by atoms with Crippen molar-refractivity contribution in [1.29, 1.82) is 5.26 Å². The van der Waals surface area contributed by atoms with E-state index in [1.807, 2.05) is 0 Å². The molecule has 0 unspecified atom stereocenters. The molecule has 0 saturated heterocycles. The van der Waals surface area contributed by atoms with E-state index in [9.17, 15) is 4.79 Å². The Bertz CT molecular complexity index is 414. The van der Waals surface area contributed by atoms with Crippen LogP contribution < -0.4 is 5.56 Å². The summed E-state index contributed by atoms with van der Waals surface area (Å²) >= 11 is 5.43. The highest BCUT2D eigenvalue weighted by molar-refractivity contribution is 6.19. The molecule has 1 rings (SSSR count). The normalized spacial score (nSPS) is 10.2. The van der Waals surface area contributed by atoms with Crippen LogP contribution in [0.15, 0.2) is 23.1 Å². The summed E-state index contributed by atoms with van der Waals surface area (Å²) in [6.07, 6.45) is 5.01. The van der Waals surface area contributed by atoms with E-state index in [0.29, 0.717) is 5.88 Å². The molecule has 13 heavy (non-hydrogen) atoms. The first-order valence-corrected chi connectivity index (χ1v) is 4.16. The van der Waals surface area contributed by atoms with Crippen molar-refractivity contribution in [3.05, 3.63) is 39.8 Å². The van der Waals surface area contributed by atoms with Gasteiger partial charge in [0, 0.05) is 12.1 Å². The van der Waals surface area contributed by atoms with E-state index in [-0.39, 0.29) is 11.1 Å². The molecular weight excluding hydrogens is 188 g/mol. The van der Waals surface area contributed by atoms with Gasteiger partial charge in [-0.3, -0.25) is 4.79 Å². The number of H-pyrrole nitrogens is 1. The van der Waals surface area contributed by atoms with Crippen LogP contribution in [0, 0.1) is 11.3 Å². The van der Waals surface area contributed by atoms with Gasteiger partial charge in [0.15, 0.2) is 0 Å². The highest BCUT2D eigenvalue weighted by Gasteiger charge is 1.96. The van der Waals surface area contributed by atoms with Crippen LogP contribution in [0.25, 0.3) is 6.08 Å². The van der Waals surface area contributed by atoms with E-state index in [4.69, 9.17) is 16.9 Å². The third-order valence-corrected chi connectivity index (χ3v) is 1.62. The molecule has 0 fully saturated rings. The second kappa shape index (κ2) is 4.48. The smallest absolute Gasteiger partial charge is 0.265 e. The van der Waals surface area contributed by atoms with Crippen molar-refractivity contribution in [2.45, 2.75) is 0 Å². The molecule has 1 N–H and O–H groups in total. The minimum atomic E-state index is -0.370. The first-order valence-electron chi connectivity index (χ1n) is 3.63. The molecule has 0 atom stereocenters. The summed E-state index contributed by atoms with van der Waals surface area (Å²) in [5.41, 5.74) is 0.499. The van der Waals surface area contributed by atoms with Crippen LogP contribution in [0.3, 0.4) is 0 Å². The summed E-state index contributed by atoms with van der Waals surface area (Å²) in [7, 11) is 0. The number of nitrogens with zero attached hydrogens (tertiary/aromatic N) is 1. The Morgan fingerprint density at radius 2 is 2.46 bits per heavy atom. The van der Waals surface area contributed by atoms with Crippen LogP contribution >= 0.6 is 11.6 Å². The van der Waals surface area contributed by atoms with Gasteiger partial charge >= 0.3 is 0 Å². The van der Waals surface area contributed by atoms with Crippen LogP contribution in [0.4, 0.5) is 0 Å². The number of hydrogen-bond donors (Lipinski definition) is 1. The lowest BCUT2D eigenvalue weighted by molar-refractivity contribution is 1.21. The molecule has 0 aromatic carbocycles. The Hall–Kier alpha value is -1.53. The predicted molar refractivity (Wildman–Crippen MR) is 51.5 cm³/mol. The van der Waals surface area contributed by atoms with Crippen LogP contribution in [0.1, 0.15) is 11.1 Å². The number of pyridine rings is 1. The molecular formula is C9H7ClN2O. The zero-order chi connectivity index (χ0) is 9.68. The van der Waals surface area contributed by atoms with Gasteiger partial charge in [-0.15, -0.1) is 11.6 Å². The minimum absolute atomic E-state index is 0.108. The second-order valence-corrected chi connectivity index (χ2v) is 2.65. The van der Waals surface area contributed by atoms with Gasteiger partial charge in [-0.1, -0.05) is 12.2 Å². The number of halogens is 1. The number of alkyl halides is 1. The van der Waals surface area contributed by atoms with Gasteiger partial charge in [-0.05, 0) is 11.6 Å². The number of rotatable bonds is 2. The molecule has 0 aliphatic heterocycles. The second-order valence-electron chi connectivity index (χ2n) is 2.34. The first-order chi connectivity index (χ1) is 6.27. The molecule has 1 aromatic heterocycles. The molecule has 66 valence electrons. The van der Waals surface area contributed by atoms with Gasteiger partial charge in [-0.25, -0.2) is 0 Å². The quantitative estimate of drug-likeness (QED) is 0.726. The van der Waals surface area contributed by atoms with E-state index < -0.39 is 0 Å². The Balaban J connectivity index is 3.08. The molecule has 0 aliphatic rings. The van der Waals surface area contributed by atoms with Crippen molar-refractivity contribution in [2.75, 3.05) is 5.88 Å². The summed E-state index contributed by atoms with van der Waals surface area (Å²) in [4.78, 5) is 13.4. The molecule has 0 spiro atoms. The van der Waals surface area contributed by atoms with E-state index in [1.54, 1.807) is 18.2 Å². The van der Waals surface area contributed by atoms with Crippen LogP contribution in [-0.4, -0.2) is 10.9 Å². The van der Waals surface area contributed by atoms with Crippen molar-refractivity contribution in [2.24, 2.45) is 0 Å². The summed E-state index contributed by atoms with van der Waals surface area (Å²) < 4.78 is 0. The SMILES string of the molecule is N#Cc1cc(C=CCCl)c[nH]c1=O. The van der Waals surface area contributed by atoms with Gasteiger partial charge in [0.1, 0.15) is 11.6 Å². The number of allylic oxidation sites excluding steroid dienone is 1. The fraction of sp³-hybridized carbons (Fsp3) is 0.111. The van der Waals surface area contributed by atoms with E-state index in [0.717, 1.165) is 5.56 Å². The Labute approximate surface area is 80.3 Å². The predicted octanol–water partition coefficient (Wildman–Crippen LogP) is 1.50. The Morgan fingerprint density at radius 3 is 3.08 bits per heavy atom. The lowest BCUT2D eigenvalue weighted by Gasteiger charge is -1.92. The molecule has 1 heterocycles. The number of aromatic nitrogens is 1.